The Balaban J connectivity index is 1.39. The van der Waals surface area contributed by atoms with E-state index in [9.17, 15) is 4.79 Å². The molecule has 10 nitrogen and oxygen atoms in total. The normalized spacial score (nSPS) is 24.4. The molecule has 4 aliphatic rings. The third-order valence-electron chi connectivity index (χ3n) is 11.0. The van der Waals surface area contributed by atoms with Gasteiger partial charge in [0.1, 0.15) is 5.75 Å². The summed E-state index contributed by atoms with van der Waals surface area (Å²) in [6, 6.07) is 11.7. The first-order valence-electron chi connectivity index (χ1n) is 20.6. The highest BCUT2D eigenvalue weighted by Crippen LogP contribution is 2.41. The summed E-state index contributed by atoms with van der Waals surface area (Å²) in [6.07, 6.45) is 14.2. The molecule has 53 heavy (non-hydrogen) atoms. The van der Waals surface area contributed by atoms with Gasteiger partial charge in [-0.05, 0) is 94.0 Å². The van der Waals surface area contributed by atoms with Crippen molar-refractivity contribution in [1.29, 1.82) is 0 Å². The smallest absolute Gasteiger partial charge is 0.231 e. The largest absolute Gasteiger partial charge is 0.465 e. The number of unbranched alkanes of at least 4 members (excludes halogenated alkanes) is 1. The van der Waals surface area contributed by atoms with E-state index in [-0.39, 0.29) is 24.3 Å². The molecule has 0 aliphatic carbocycles. The summed E-state index contributed by atoms with van der Waals surface area (Å²) in [6.45, 7) is 7.81. The summed E-state index contributed by atoms with van der Waals surface area (Å²) in [5.74, 6) is 2.52. The number of aromatic nitrogens is 1. The molecule has 0 spiro atoms. The minimum atomic E-state index is -0.508. The summed E-state index contributed by atoms with van der Waals surface area (Å²) in [4.78, 5) is 14.8. The van der Waals surface area contributed by atoms with E-state index >= 15 is 0 Å². The Labute approximate surface area is 314 Å². The molecule has 7 rings (SSSR count). The molecule has 5 atom stereocenters. The number of hydrogen-bond acceptors (Lipinski definition) is 9. The first kappa shape index (κ1) is 38.0. The first-order valence-corrected chi connectivity index (χ1v) is 20.6. The number of pyridine rings is 1. The van der Waals surface area contributed by atoms with E-state index in [4.69, 9.17) is 37.9 Å². The van der Waals surface area contributed by atoms with Gasteiger partial charge in [-0.1, -0.05) is 33.1 Å². The van der Waals surface area contributed by atoms with Crippen molar-refractivity contribution in [2.75, 3.05) is 26.4 Å². The van der Waals surface area contributed by atoms with Gasteiger partial charge < -0.3 is 42.5 Å². The van der Waals surface area contributed by atoms with Crippen LogP contribution in [0.15, 0.2) is 41.2 Å². The molecule has 0 N–H and O–H groups in total. The van der Waals surface area contributed by atoms with Crippen LogP contribution in [-0.2, 0) is 25.5 Å². The highest BCUT2D eigenvalue weighted by molar-refractivity contribution is 5.87. The van der Waals surface area contributed by atoms with Crippen molar-refractivity contribution < 1.29 is 37.9 Å². The van der Waals surface area contributed by atoms with Gasteiger partial charge in [-0.3, -0.25) is 4.79 Å². The van der Waals surface area contributed by atoms with Crippen LogP contribution in [0.2, 0.25) is 0 Å². The number of hydrogen-bond donors (Lipinski definition) is 0. The summed E-state index contributed by atoms with van der Waals surface area (Å²) in [5.41, 5.74) is 2.13. The maximum absolute atomic E-state index is 14.8. The van der Waals surface area contributed by atoms with Crippen LogP contribution in [0, 0.1) is 5.92 Å². The lowest BCUT2D eigenvalue weighted by atomic mass is 9.97. The molecule has 4 saturated heterocycles. The summed E-state index contributed by atoms with van der Waals surface area (Å²) in [5, 5.41) is 0.586. The Morgan fingerprint density at radius 2 is 1.26 bits per heavy atom. The average Bonchev–Trinajstić information content (AvgIpc) is 3.20. The third-order valence-corrected chi connectivity index (χ3v) is 11.0. The Kier molecular flexibility index (Phi) is 13.5. The molecule has 0 bridgehead atoms. The van der Waals surface area contributed by atoms with Crippen LogP contribution in [0.1, 0.15) is 117 Å². The fourth-order valence-corrected chi connectivity index (χ4v) is 7.86. The summed E-state index contributed by atoms with van der Waals surface area (Å²) in [7, 11) is 0. The van der Waals surface area contributed by atoms with Crippen LogP contribution in [0.25, 0.3) is 22.2 Å². The number of rotatable bonds is 15. The maximum Gasteiger partial charge on any atom is 0.231 e. The minimum absolute atomic E-state index is 0.170. The fraction of sp³-hybridized carbons (Fsp3) is 0.651. The Hall–Kier alpha value is -3.31. The number of nitrogens with zero attached hydrogens (tertiary/aromatic N) is 1. The van der Waals surface area contributed by atoms with Crippen LogP contribution in [-0.4, -0.2) is 56.2 Å². The SMILES string of the molecule is CCCCC(CC)Cn1c(-c2ccc(OC3CCCCO3)c(OC3CCCCO3)c2)c(OC2CCCCO2)c(=O)c2ccc(OC3CCCCO3)cc21. The van der Waals surface area contributed by atoms with E-state index in [1.54, 1.807) is 0 Å². The fourth-order valence-electron chi connectivity index (χ4n) is 7.86. The monoisotopic (exact) mass is 733 g/mol. The second-order valence-electron chi connectivity index (χ2n) is 15.0. The molecule has 1 aromatic heterocycles. The lowest BCUT2D eigenvalue weighted by Gasteiger charge is -2.29. The Morgan fingerprint density at radius 3 is 1.83 bits per heavy atom. The van der Waals surface area contributed by atoms with Crippen molar-refractivity contribution in [2.24, 2.45) is 5.92 Å². The van der Waals surface area contributed by atoms with E-state index in [0.717, 1.165) is 114 Å². The van der Waals surface area contributed by atoms with Crippen molar-refractivity contribution >= 4 is 10.9 Å². The predicted octanol–water partition coefficient (Wildman–Crippen LogP) is 9.51. The zero-order valence-corrected chi connectivity index (χ0v) is 31.8. The molecular weight excluding hydrogens is 674 g/mol. The van der Waals surface area contributed by atoms with Gasteiger partial charge in [0.05, 0.1) is 37.6 Å². The lowest BCUT2D eigenvalue weighted by Crippen LogP contribution is -2.29. The standard InChI is InChI=1S/C43H59NO9/c1-3-5-14-30(4-2)29-44-34-28-32(50-37-15-6-10-23-46-37)20-21-33(34)42(45)43(53-40-18-9-13-26-49-40)41(44)31-19-22-35(51-38-16-7-11-24-47-38)36(27-31)52-39-17-8-12-25-48-39/h19-22,27-28,30,37-40H,3-18,23-26,29H2,1-2H3. The summed E-state index contributed by atoms with van der Waals surface area (Å²) >= 11 is 0. The van der Waals surface area contributed by atoms with E-state index in [2.05, 4.69) is 18.4 Å². The molecule has 0 saturated carbocycles. The van der Waals surface area contributed by atoms with Crippen molar-refractivity contribution in [2.45, 2.75) is 148 Å². The topological polar surface area (TPSA) is 95.8 Å². The minimum Gasteiger partial charge on any atom is -0.465 e. The molecule has 10 heteroatoms. The van der Waals surface area contributed by atoms with E-state index in [0.29, 0.717) is 73.0 Å². The maximum atomic E-state index is 14.8. The van der Waals surface area contributed by atoms with Crippen LogP contribution < -0.4 is 24.4 Å². The number of ether oxygens (including phenoxy) is 8. The molecule has 290 valence electrons. The summed E-state index contributed by atoms with van der Waals surface area (Å²) < 4.78 is 52.5. The van der Waals surface area contributed by atoms with Gasteiger partial charge in [0.2, 0.25) is 5.43 Å². The molecule has 0 radical (unpaired) electrons. The molecule has 0 amide bonds. The highest BCUT2D eigenvalue weighted by atomic mass is 16.7. The lowest BCUT2D eigenvalue weighted by molar-refractivity contribution is -0.118. The van der Waals surface area contributed by atoms with Gasteiger partial charge in [-0.15, -0.1) is 0 Å². The molecular formula is C43H59NO9. The van der Waals surface area contributed by atoms with Crippen molar-refractivity contribution in [3.05, 3.63) is 46.6 Å². The predicted molar refractivity (Wildman–Crippen MR) is 204 cm³/mol. The molecule has 5 heterocycles. The number of fused-ring (bicyclic) bond motifs is 1. The Bertz CT molecular complexity index is 1670. The zero-order chi connectivity index (χ0) is 36.4. The van der Waals surface area contributed by atoms with Crippen molar-refractivity contribution in [3.63, 3.8) is 0 Å². The molecule has 3 aromatic rings. The van der Waals surface area contributed by atoms with Crippen molar-refractivity contribution in [3.8, 4) is 34.3 Å². The van der Waals surface area contributed by atoms with E-state index < -0.39 is 6.29 Å². The highest BCUT2D eigenvalue weighted by Gasteiger charge is 2.29. The third kappa shape index (κ3) is 9.68. The van der Waals surface area contributed by atoms with Gasteiger partial charge in [-0.25, -0.2) is 0 Å². The van der Waals surface area contributed by atoms with Gasteiger partial charge in [0, 0.05) is 49.2 Å². The van der Waals surface area contributed by atoms with Crippen LogP contribution in [0.3, 0.4) is 0 Å². The number of benzene rings is 2. The van der Waals surface area contributed by atoms with Crippen molar-refractivity contribution in [1.82, 2.24) is 4.57 Å². The zero-order valence-electron chi connectivity index (χ0n) is 31.8. The Morgan fingerprint density at radius 1 is 0.679 bits per heavy atom. The quantitative estimate of drug-likeness (QED) is 0.151. The molecule has 5 unspecified atom stereocenters. The van der Waals surface area contributed by atoms with Crippen LogP contribution in [0.5, 0.6) is 23.0 Å². The van der Waals surface area contributed by atoms with Gasteiger partial charge in [0.15, 0.2) is 42.4 Å². The van der Waals surface area contributed by atoms with E-state index in [1.807, 2.05) is 36.4 Å². The average molecular weight is 734 g/mol. The molecule has 2 aromatic carbocycles. The van der Waals surface area contributed by atoms with Gasteiger partial charge in [0.25, 0.3) is 0 Å². The van der Waals surface area contributed by atoms with E-state index in [1.165, 1.54) is 0 Å². The van der Waals surface area contributed by atoms with Gasteiger partial charge in [-0.2, -0.15) is 0 Å². The molecule has 4 aliphatic heterocycles. The first-order chi connectivity index (χ1) is 26.1. The van der Waals surface area contributed by atoms with Gasteiger partial charge >= 0.3 is 0 Å². The molecule has 4 fully saturated rings. The van der Waals surface area contributed by atoms with Crippen LogP contribution in [0.4, 0.5) is 0 Å². The van der Waals surface area contributed by atoms with Crippen LogP contribution >= 0.6 is 0 Å². The second kappa shape index (κ2) is 18.8. The second-order valence-corrected chi connectivity index (χ2v) is 15.0.